The van der Waals surface area contributed by atoms with Gasteiger partial charge in [-0.15, -0.1) is 0 Å². The first-order chi connectivity index (χ1) is 8.72. The highest BCUT2D eigenvalue weighted by Crippen LogP contribution is 2.40. The molecule has 0 unspecified atom stereocenters. The van der Waals surface area contributed by atoms with E-state index >= 15 is 0 Å². The molecule has 96 valence electrons. The van der Waals surface area contributed by atoms with E-state index in [9.17, 15) is 0 Å². The largest absolute Gasteiger partial charge is 0.440 e. The summed E-state index contributed by atoms with van der Waals surface area (Å²) in [5.41, 5.74) is 3.02. The van der Waals surface area contributed by atoms with Crippen LogP contribution in [-0.2, 0) is 0 Å². The lowest BCUT2D eigenvalue weighted by molar-refractivity contribution is 0.533. The topological polar surface area (TPSA) is 38.1 Å². The lowest BCUT2D eigenvalue weighted by Crippen LogP contribution is -2.04. The van der Waals surface area contributed by atoms with Gasteiger partial charge in [0, 0.05) is 18.2 Å². The second kappa shape index (κ2) is 4.63. The standard InChI is InChI=1S/C15H20N2O/c1-10(2)7-8-16-12-5-6-14-13(9-12)17-15(18-14)11-3-4-11/h5-6,9-11,16H,3-4,7-8H2,1-2H3. The number of rotatable bonds is 5. The van der Waals surface area contributed by atoms with Gasteiger partial charge in [0.15, 0.2) is 11.5 Å². The van der Waals surface area contributed by atoms with Crippen molar-refractivity contribution in [3.05, 3.63) is 24.1 Å². The molecule has 0 aliphatic heterocycles. The smallest absolute Gasteiger partial charge is 0.198 e. The van der Waals surface area contributed by atoms with Crippen LogP contribution in [0.2, 0.25) is 0 Å². The highest BCUT2D eigenvalue weighted by Gasteiger charge is 2.28. The zero-order chi connectivity index (χ0) is 12.5. The number of benzene rings is 1. The third kappa shape index (κ3) is 2.50. The van der Waals surface area contributed by atoms with E-state index in [1.165, 1.54) is 19.3 Å². The number of nitrogens with zero attached hydrogens (tertiary/aromatic N) is 1. The Morgan fingerprint density at radius 2 is 2.22 bits per heavy atom. The zero-order valence-corrected chi connectivity index (χ0v) is 11.1. The Bertz CT molecular complexity index is 540. The average molecular weight is 244 g/mol. The first kappa shape index (κ1) is 11.6. The molecule has 3 nitrogen and oxygen atoms in total. The van der Waals surface area contributed by atoms with Crippen LogP contribution in [0.25, 0.3) is 11.1 Å². The molecule has 0 atom stereocenters. The summed E-state index contributed by atoms with van der Waals surface area (Å²) < 4.78 is 5.75. The number of anilines is 1. The molecule has 1 aliphatic rings. The maximum Gasteiger partial charge on any atom is 0.198 e. The second-order valence-corrected chi connectivity index (χ2v) is 5.62. The van der Waals surface area contributed by atoms with Crippen LogP contribution in [0.3, 0.4) is 0 Å². The van der Waals surface area contributed by atoms with Crippen molar-refractivity contribution in [2.45, 2.75) is 39.0 Å². The van der Waals surface area contributed by atoms with Crippen molar-refractivity contribution in [1.29, 1.82) is 0 Å². The molecule has 1 saturated carbocycles. The summed E-state index contributed by atoms with van der Waals surface area (Å²) in [4.78, 5) is 4.57. The molecule has 1 heterocycles. The normalized spacial score (nSPS) is 15.5. The minimum absolute atomic E-state index is 0.578. The zero-order valence-electron chi connectivity index (χ0n) is 11.1. The lowest BCUT2D eigenvalue weighted by Gasteiger charge is -2.07. The SMILES string of the molecule is CC(C)CCNc1ccc2oc(C3CC3)nc2c1. The van der Waals surface area contributed by atoms with Gasteiger partial charge < -0.3 is 9.73 Å². The van der Waals surface area contributed by atoms with Gasteiger partial charge in [-0.1, -0.05) is 13.8 Å². The molecule has 0 spiro atoms. The van der Waals surface area contributed by atoms with E-state index in [4.69, 9.17) is 4.42 Å². The van der Waals surface area contributed by atoms with Crippen LogP contribution < -0.4 is 5.32 Å². The highest BCUT2D eigenvalue weighted by molar-refractivity contribution is 5.77. The molecule has 0 amide bonds. The van der Waals surface area contributed by atoms with Crippen LogP contribution in [0.1, 0.15) is 44.9 Å². The van der Waals surface area contributed by atoms with E-state index in [0.717, 1.165) is 35.1 Å². The van der Waals surface area contributed by atoms with Crippen molar-refractivity contribution in [2.75, 3.05) is 11.9 Å². The fourth-order valence-corrected chi connectivity index (χ4v) is 2.07. The van der Waals surface area contributed by atoms with Gasteiger partial charge in [0.05, 0.1) is 0 Å². The molecule has 0 bridgehead atoms. The predicted octanol–water partition coefficient (Wildman–Crippen LogP) is 4.16. The summed E-state index contributed by atoms with van der Waals surface area (Å²) in [6.45, 7) is 5.49. The molecule has 18 heavy (non-hydrogen) atoms. The summed E-state index contributed by atoms with van der Waals surface area (Å²) in [5, 5.41) is 3.44. The fourth-order valence-electron chi connectivity index (χ4n) is 2.07. The Morgan fingerprint density at radius 3 is 2.94 bits per heavy atom. The van der Waals surface area contributed by atoms with Gasteiger partial charge in [-0.2, -0.15) is 0 Å². The van der Waals surface area contributed by atoms with Crippen LogP contribution in [0.4, 0.5) is 5.69 Å². The van der Waals surface area contributed by atoms with E-state index < -0.39 is 0 Å². The quantitative estimate of drug-likeness (QED) is 0.858. The number of hydrogen-bond donors (Lipinski definition) is 1. The molecule has 1 aliphatic carbocycles. The molecule has 1 aromatic heterocycles. The van der Waals surface area contributed by atoms with Gasteiger partial charge in [0.25, 0.3) is 0 Å². The molecular weight excluding hydrogens is 224 g/mol. The minimum Gasteiger partial charge on any atom is -0.440 e. The van der Waals surface area contributed by atoms with Crippen molar-refractivity contribution < 1.29 is 4.42 Å². The predicted molar refractivity (Wildman–Crippen MR) is 73.9 cm³/mol. The van der Waals surface area contributed by atoms with Gasteiger partial charge in [-0.3, -0.25) is 0 Å². The Labute approximate surface area is 108 Å². The van der Waals surface area contributed by atoms with E-state index in [1.807, 2.05) is 6.07 Å². The summed E-state index contributed by atoms with van der Waals surface area (Å²) in [6.07, 6.45) is 3.64. The Kier molecular flexibility index (Phi) is 2.98. The fraction of sp³-hybridized carbons (Fsp3) is 0.533. The summed E-state index contributed by atoms with van der Waals surface area (Å²) in [6, 6.07) is 6.18. The van der Waals surface area contributed by atoms with E-state index in [2.05, 4.69) is 36.3 Å². The van der Waals surface area contributed by atoms with Crippen molar-refractivity contribution in [3.63, 3.8) is 0 Å². The van der Waals surface area contributed by atoms with E-state index in [0.29, 0.717) is 5.92 Å². The van der Waals surface area contributed by atoms with Crippen molar-refractivity contribution >= 4 is 16.8 Å². The Hall–Kier alpha value is -1.51. The molecule has 0 radical (unpaired) electrons. The van der Waals surface area contributed by atoms with Gasteiger partial charge in [0.1, 0.15) is 5.52 Å². The van der Waals surface area contributed by atoms with Crippen LogP contribution in [0.5, 0.6) is 0 Å². The van der Waals surface area contributed by atoms with Crippen LogP contribution in [-0.4, -0.2) is 11.5 Å². The number of fused-ring (bicyclic) bond motifs is 1. The van der Waals surface area contributed by atoms with E-state index in [-0.39, 0.29) is 0 Å². The molecule has 3 rings (SSSR count). The average Bonchev–Trinajstić information content (AvgIpc) is 3.09. The minimum atomic E-state index is 0.578. The maximum atomic E-state index is 5.75. The van der Waals surface area contributed by atoms with E-state index in [1.54, 1.807) is 0 Å². The monoisotopic (exact) mass is 244 g/mol. The van der Waals surface area contributed by atoms with Crippen molar-refractivity contribution in [3.8, 4) is 0 Å². The van der Waals surface area contributed by atoms with Gasteiger partial charge in [-0.25, -0.2) is 4.98 Å². The van der Waals surface area contributed by atoms with Gasteiger partial charge >= 0.3 is 0 Å². The number of aromatic nitrogens is 1. The first-order valence-electron chi connectivity index (χ1n) is 6.87. The van der Waals surface area contributed by atoms with Gasteiger partial charge in [0.2, 0.25) is 0 Å². The Morgan fingerprint density at radius 1 is 1.39 bits per heavy atom. The summed E-state index contributed by atoms with van der Waals surface area (Å²) in [7, 11) is 0. The molecule has 1 aromatic carbocycles. The summed E-state index contributed by atoms with van der Waals surface area (Å²) in [5.74, 6) is 2.23. The Balaban J connectivity index is 1.73. The maximum absolute atomic E-state index is 5.75. The number of hydrogen-bond acceptors (Lipinski definition) is 3. The molecule has 1 fully saturated rings. The number of oxazole rings is 1. The summed E-state index contributed by atoms with van der Waals surface area (Å²) >= 11 is 0. The highest BCUT2D eigenvalue weighted by atomic mass is 16.3. The van der Waals surface area contributed by atoms with Gasteiger partial charge in [-0.05, 0) is 43.4 Å². The number of nitrogens with one attached hydrogen (secondary N) is 1. The third-order valence-electron chi connectivity index (χ3n) is 3.38. The van der Waals surface area contributed by atoms with Crippen LogP contribution in [0, 0.1) is 5.92 Å². The molecular formula is C15H20N2O. The third-order valence-corrected chi connectivity index (χ3v) is 3.38. The van der Waals surface area contributed by atoms with Crippen LogP contribution in [0.15, 0.2) is 22.6 Å². The molecule has 1 N–H and O–H groups in total. The molecule has 3 heteroatoms. The molecule has 2 aromatic rings. The first-order valence-corrected chi connectivity index (χ1v) is 6.87. The second-order valence-electron chi connectivity index (χ2n) is 5.62. The lowest BCUT2D eigenvalue weighted by atomic mass is 10.1. The molecule has 0 saturated heterocycles. The van der Waals surface area contributed by atoms with Crippen LogP contribution >= 0.6 is 0 Å². The van der Waals surface area contributed by atoms with Crippen molar-refractivity contribution in [1.82, 2.24) is 4.98 Å². The van der Waals surface area contributed by atoms with Crippen molar-refractivity contribution in [2.24, 2.45) is 5.92 Å².